The standard InChI is InChI=1S/C20H26N2O3/c1-20(2,16-7-9-17(24)10-8-16)18(22-11-12-23)13-14-3-5-15(6-4-14)19(21)25/h3-10,18,22-24H,11-13H2,1-2H3,(H2,21,25). The Morgan fingerprint density at radius 3 is 2.24 bits per heavy atom. The number of benzene rings is 2. The number of primary amides is 1. The molecule has 0 aliphatic heterocycles. The molecule has 25 heavy (non-hydrogen) atoms. The summed E-state index contributed by atoms with van der Waals surface area (Å²) >= 11 is 0. The summed E-state index contributed by atoms with van der Waals surface area (Å²) in [6.07, 6.45) is 0.729. The maximum absolute atomic E-state index is 11.2. The number of nitrogens with two attached hydrogens (primary N) is 1. The zero-order valence-electron chi connectivity index (χ0n) is 14.7. The molecule has 0 aromatic heterocycles. The maximum Gasteiger partial charge on any atom is 0.248 e. The van der Waals surface area contributed by atoms with E-state index in [2.05, 4.69) is 19.2 Å². The van der Waals surface area contributed by atoms with Crippen LogP contribution in [0.1, 0.15) is 35.3 Å². The first-order valence-corrected chi connectivity index (χ1v) is 8.37. The number of nitrogens with one attached hydrogen (secondary N) is 1. The number of hydrogen-bond acceptors (Lipinski definition) is 4. The lowest BCUT2D eigenvalue weighted by atomic mass is 9.75. The molecule has 0 radical (unpaired) electrons. The van der Waals surface area contributed by atoms with E-state index in [1.165, 1.54) is 0 Å². The third-order valence-electron chi connectivity index (χ3n) is 4.66. The van der Waals surface area contributed by atoms with Crippen LogP contribution >= 0.6 is 0 Å². The van der Waals surface area contributed by atoms with Gasteiger partial charge in [-0.3, -0.25) is 4.79 Å². The molecule has 1 unspecified atom stereocenters. The minimum Gasteiger partial charge on any atom is -0.508 e. The molecule has 2 rings (SSSR count). The van der Waals surface area contributed by atoms with Gasteiger partial charge in [-0.05, 0) is 41.8 Å². The summed E-state index contributed by atoms with van der Waals surface area (Å²) in [7, 11) is 0. The Morgan fingerprint density at radius 2 is 1.72 bits per heavy atom. The maximum atomic E-state index is 11.2. The van der Waals surface area contributed by atoms with E-state index in [4.69, 9.17) is 5.73 Å². The fourth-order valence-corrected chi connectivity index (χ4v) is 2.95. The lowest BCUT2D eigenvalue weighted by Gasteiger charge is -2.36. The van der Waals surface area contributed by atoms with Gasteiger partial charge in [0, 0.05) is 23.6 Å². The molecule has 0 bridgehead atoms. The third kappa shape index (κ3) is 4.81. The average molecular weight is 342 g/mol. The van der Waals surface area contributed by atoms with Crippen molar-refractivity contribution in [1.29, 1.82) is 0 Å². The summed E-state index contributed by atoms with van der Waals surface area (Å²) in [6.45, 7) is 4.81. The van der Waals surface area contributed by atoms with Crippen LogP contribution < -0.4 is 11.1 Å². The van der Waals surface area contributed by atoms with Gasteiger partial charge in [0.2, 0.25) is 5.91 Å². The van der Waals surface area contributed by atoms with Gasteiger partial charge in [-0.2, -0.15) is 0 Å². The fourth-order valence-electron chi connectivity index (χ4n) is 2.95. The van der Waals surface area contributed by atoms with Crippen molar-refractivity contribution in [3.63, 3.8) is 0 Å². The van der Waals surface area contributed by atoms with Gasteiger partial charge in [-0.15, -0.1) is 0 Å². The van der Waals surface area contributed by atoms with Gasteiger partial charge >= 0.3 is 0 Å². The van der Waals surface area contributed by atoms with Crippen molar-refractivity contribution in [2.45, 2.75) is 31.7 Å². The highest BCUT2D eigenvalue weighted by Crippen LogP contribution is 2.30. The Morgan fingerprint density at radius 1 is 1.12 bits per heavy atom. The van der Waals surface area contributed by atoms with Crippen LogP contribution in [0.3, 0.4) is 0 Å². The van der Waals surface area contributed by atoms with Crippen molar-refractivity contribution in [2.75, 3.05) is 13.2 Å². The van der Waals surface area contributed by atoms with E-state index < -0.39 is 5.91 Å². The lowest BCUT2D eigenvalue weighted by Crippen LogP contribution is -2.47. The number of phenolic OH excluding ortho intramolecular Hbond substituents is 1. The summed E-state index contributed by atoms with van der Waals surface area (Å²) in [4.78, 5) is 11.2. The molecular weight excluding hydrogens is 316 g/mol. The zero-order chi connectivity index (χ0) is 18.4. The largest absolute Gasteiger partial charge is 0.508 e. The highest BCUT2D eigenvalue weighted by atomic mass is 16.3. The van der Waals surface area contributed by atoms with E-state index in [1.807, 2.05) is 24.3 Å². The molecule has 0 heterocycles. The predicted octanol–water partition coefficient (Wildman–Crippen LogP) is 1.96. The second kappa shape index (κ2) is 8.14. The molecule has 5 heteroatoms. The van der Waals surface area contributed by atoms with Gasteiger partial charge in [-0.25, -0.2) is 0 Å². The fraction of sp³-hybridized carbons (Fsp3) is 0.350. The van der Waals surface area contributed by atoms with Crippen LogP contribution in [-0.2, 0) is 11.8 Å². The summed E-state index contributed by atoms with van der Waals surface area (Å²) in [5, 5.41) is 22.1. The molecule has 2 aromatic carbocycles. The van der Waals surface area contributed by atoms with Crippen LogP contribution in [0.15, 0.2) is 48.5 Å². The number of aliphatic hydroxyl groups is 1. The van der Waals surface area contributed by atoms with Crippen LogP contribution in [-0.4, -0.2) is 35.3 Å². The normalized spacial score (nSPS) is 12.8. The van der Waals surface area contributed by atoms with Crippen molar-refractivity contribution in [3.05, 3.63) is 65.2 Å². The van der Waals surface area contributed by atoms with Crippen LogP contribution in [0, 0.1) is 0 Å². The molecule has 5 nitrogen and oxygen atoms in total. The second-order valence-electron chi connectivity index (χ2n) is 6.76. The molecule has 2 aromatic rings. The summed E-state index contributed by atoms with van der Waals surface area (Å²) in [6, 6.07) is 14.5. The van der Waals surface area contributed by atoms with Gasteiger partial charge in [0.05, 0.1) is 6.61 Å². The molecule has 134 valence electrons. The van der Waals surface area contributed by atoms with Gasteiger partial charge in [0.25, 0.3) is 0 Å². The first-order chi connectivity index (χ1) is 11.8. The number of hydrogen-bond donors (Lipinski definition) is 4. The number of phenols is 1. The second-order valence-corrected chi connectivity index (χ2v) is 6.76. The highest BCUT2D eigenvalue weighted by molar-refractivity contribution is 5.92. The zero-order valence-corrected chi connectivity index (χ0v) is 14.7. The van der Waals surface area contributed by atoms with Crippen LogP contribution in [0.4, 0.5) is 0 Å². The van der Waals surface area contributed by atoms with E-state index in [0.29, 0.717) is 12.1 Å². The number of rotatable bonds is 8. The highest BCUT2D eigenvalue weighted by Gasteiger charge is 2.31. The average Bonchev–Trinajstić information content (AvgIpc) is 2.59. The van der Waals surface area contributed by atoms with Gasteiger partial charge in [0.15, 0.2) is 0 Å². The quantitative estimate of drug-likeness (QED) is 0.590. The molecule has 5 N–H and O–H groups in total. The minimum atomic E-state index is -0.439. The van der Waals surface area contributed by atoms with E-state index in [9.17, 15) is 15.0 Å². The van der Waals surface area contributed by atoms with Gasteiger partial charge in [-0.1, -0.05) is 38.1 Å². The smallest absolute Gasteiger partial charge is 0.248 e. The van der Waals surface area contributed by atoms with Crippen molar-refractivity contribution in [2.24, 2.45) is 5.73 Å². The predicted molar refractivity (Wildman–Crippen MR) is 98.7 cm³/mol. The van der Waals surface area contributed by atoms with Crippen LogP contribution in [0.2, 0.25) is 0 Å². The van der Waals surface area contributed by atoms with Crippen molar-refractivity contribution >= 4 is 5.91 Å². The third-order valence-corrected chi connectivity index (χ3v) is 4.66. The topological polar surface area (TPSA) is 95.6 Å². The minimum absolute atomic E-state index is 0.0583. The Bertz CT molecular complexity index is 694. The lowest BCUT2D eigenvalue weighted by molar-refractivity contribution is 0.1000. The first kappa shape index (κ1) is 19.0. The van der Waals surface area contributed by atoms with Gasteiger partial charge < -0.3 is 21.3 Å². The molecule has 0 aliphatic rings. The molecule has 0 spiro atoms. The molecule has 0 saturated carbocycles. The van der Waals surface area contributed by atoms with E-state index in [1.54, 1.807) is 24.3 Å². The summed E-state index contributed by atoms with van der Waals surface area (Å²) < 4.78 is 0. The summed E-state index contributed by atoms with van der Waals surface area (Å²) in [5.74, 6) is -0.201. The molecule has 0 saturated heterocycles. The number of carbonyl (C=O) groups is 1. The van der Waals surface area contributed by atoms with Crippen molar-refractivity contribution < 1.29 is 15.0 Å². The number of amides is 1. The SMILES string of the molecule is CC(C)(c1ccc(O)cc1)C(Cc1ccc(C(N)=O)cc1)NCCO. The van der Waals surface area contributed by atoms with Crippen molar-refractivity contribution in [1.82, 2.24) is 5.32 Å². The van der Waals surface area contributed by atoms with E-state index in [-0.39, 0.29) is 23.8 Å². The van der Waals surface area contributed by atoms with Crippen molar-refractivity contribution in [3.8, 4) is 5.75 Å². The number of carbonyl (C=O) groups excluding carboxylic acids is 1. The van der Waals surface area contributed by atoms with Gasteiger partial charge in [0.1, 0.15) is 5.75 Å². The monoisotopic (exact) mass is 342 g/mol. The van der Waals surface area contributed by atoms with E-state index in [0.717, 1.165) is 17.5 Å². The summed E-state index contributed by atoms with van der Waals surface area (Å²) in [5.41, 5.74) is 7.71. The molecule has 1 amide bonds. The Kier molecular flexibility index (Phi) is 6.17. The molecule has 0 fully saturated rings. The first-order valence-electron chi connectivity index (χ1n) is 8.37. The number of aliphatic hydroxyl groups excluding tert-OH is 1. The molecule has 0 aliphatic carbocycles. The van der Waals surface area contributed by atoms with Crippen LogP contribution in [0.25, 0.3) is 0 Å². The number of aromatic hydroxyl groups is 1. The molecule has 1 atom stereocenters. The molecular formula is C20H26N2O3. The Hall–Kier alpha value is -2.37. The Balaban J connectivity index is 2.24. The van der Waals surface area contributed by atoms with Crippen LogP contribution in [0.5, 0.6) is 5.75 Å². The Labute approximate surface area is 148 Å². The van der Waals surface area contributed by atoms with E-state index >= 15 is 0 Å².